The summed E-state index contributed by atoms with van der Waals surface area (Å²) < 4.78 is 38.8. The van der Waals surface area contributed by atoms with Gasteiger partial charge >= 0.3 is 12.2 Å². The molecule has 0 bridgehead atoms. The van der Waals surface area contributed by atoms with Crippen LogP contribution in [0.25, 0.3) is 0 Å². The topological polar surface area (TPSA) is 113 Å². The molecule has 172 valence electrons. The molecule has 0 spiro atoms. The van der Waals surface area contributed by atoms with Crippen LogP contribution >= 0.6 is 0 Å². The molecule has 0 aliphatic heterocycles. The number of nitrogens with one attached hydrogen (secondary N) is 2. The van der Waals surface area contributed by atoms with E-state index in [-0.39, 0.29) is 11.4 Å². The fourth-order valence-corrected chi connectivity index (χ4v) is 2.98. The van der Waals surface area contributed by atoms with Crippen molar-refractivity contribution in [3.63, 3.8) is 0 Å². The number of amides is 3. The first-order valence-electron chi connectivity index (χ1n) is 9.83. The van der Waals surface area contributed by atoms with Crippen LogP contribution in [0.15, 0.2) is 54.9 Å². The highest BCUT2D eigenvalue weighted by Crippen LogP contribution is 2.30. The number of aromatic nitrogens is 2. The van der Waals surface area contributed by atoms with E-state index in [0.717, 1.165) is 18.2 Å². The fourth-order valence-electron chi connectivity index (χ4n) is 2.98. The van der Waals surface area contributed by atoms with Gasteiger partial charge < -0.3 is 16.4 Å². The molecule has 0 saturated heterocycles. The lowest BCUT2D eigenvalue weighted by Crippen LogP contribution is -2.35. The standard InChI is InChI=1S/C22H21F3N6O2/c1-3-31(19-11-18(26)27-12-28-19)21(33)30-17-10-16(8-7-13(17)2)29-20(32)14-5-4-6-15(9-14)22(23,24)25/h4-12H,3H2,1-2H3,(H,29,32)(H,30,33)(H2,26,27,28). The number of hydrogen-bond acceptors (Lipinski definition) is 5. The molecule has 1 heterocycles. The molecule has 2 aromatic carbocycles. The van der Waals surface area contributed by atoms with E-state index in [2.05, 4.69) is 20.6 Å². The van der Waals surface area contributed by atoms with E-state index in [0.29, 0.717) is 29.3 Å². The molecule has 33 heavy (non-hydrogen) atoms. The second-order valence-corrected chi connectivity index (χ2v) is 7.04. The van der Waals surface area contributed by atoms with Crippen LogP contribution in [-0.4, -0.2) is 28.5 Å². The quantitative estimate of drug-likeness (QED) is 0.513. The maximum atomic E-state index is 12.9. The van der Waals surface area contributed by atoms with E-state index < -0.39 is 23.7 Å². The minimum absolute atomic E-state index is 0.144. The molecule has 0 unspecified atom stereocenters. The highest BCUT2D eigenvalue weighted by Gasteiger charge is 2.31. The molecule has 8 nitrogen and oxygen atoms in total. The van der Waals surface area contributed by atoms with Gasteiger partial charge in [0.25, 0.3) is 5.91 Å². The van der Waals surface area contributed by atoms with Crippen LogP contribution in [0, 0.1) is 6.92 Å². The van der Waals surface area contributed by atoms with Crippen LogP contribution in [0.5, 0.6) is 0 Å². The number of nitrogen functional groups attached to an aromatic ring is 1. The number of halogens is 3. The Bertz CT molecular complexity index is 1180. The third kappa shape index (κ3) is 5.76. The number of rotatable bonds is 5. The molecule has 3 aromatic rings. The van der Waals surface area contributed by atoms with E-state index in [1.165, 1.54) is 29.4 Å². The summed E-state index contributed by atoms with van der Waals surface area (Å²) in [4.78, 5) is 34.5. The second kappa shape index (κ2) is 9.55. The van der Waals surface area contributed by atoms with Gasteiger partial charge in [-0.2, -0.15) is 13.2 Å². The minimum atomic E-state index is -4.56. The largest absolute Gasteiger partial charge is 0.416 e. The van der Waals surface area contributed by atoms with Crippen LogP contribution in [0.2, 0.25) is 0 Å². The van der Waals surface area contributed by atoms with Crippen LogP contribution < -0.4 is 21.3 Å². The van der Waals surface area contributed by atoms with E-state index >= 15 is 0 Å². The van der Waals surface area contributed by atoms with Crippen molar-refractivity contribution >= 4 is 34.9 Å². The van der Waals surface area contributed by atoms with Gasteiger partial charge in [0, 0.05) is 29.5 Å². The van der Waals surface area contributed by atoms with Crippen LogP contribution in [0.1, 0.15) is 28.4 Å². The number of hydrogen-bond donors (Lipinski definition) is 3. The monoisotopic (exact) mass is 458 g/mol. The van der Waals surface area contributed by atoms with E-state index in [9.17, 15) is 22.8 Å². The number of alkyl halides is 3. The zero-order valence-corrected chi connectivity index (χ0v) is 17.8. The third-order valence-corrected chi connectivity index (χ3v) is 4.70. The number of carbonyl (C=O) groups is 2. The van der Waals surface area contributed by atoms with Crippen LogP contribution in [0.4, 0.5) is 41.0 Å². The number of carbonyl (C=O) groups excluding carboxylic acids is 2. The Hall–Kier alpha value is -4.15. The van der Waals surface area contributed by atoms with Crippen molar-refractivity contribution in [1.29, 1.82) is 0 Å². The minimum Gasteiger partial charge on any atom is -0.384 e. The molecule has 11 heteroatoms. The molecule has 3 amide bonds. The number of nitrogens with two attached hydrogens (primary N) is 1. The molecule has 0 radical (unpaired) electrons. The summed E-state index contributed by atoms with van der Waals surface area (Å²) in [6.45, 7) is 3.82. The summed E-state index contributed by atoms with van der Waals surface area (Å²) in [5.74, 6) is -0.190. The molecule has 0 fully saturated rings. The summed E-state index contributed by atoms with van der Waals surface area (Å²) in [5, 5.41) is 5.30. The van der Waals surface area contributed by atoms with Gasteiger partial charge in [-0.05, 0) is 49.7 Å². The van der Waals surface area contributed by atoms with Crippen molar-refractivity contribution in [2.45, 2.75) is 20.0 Å². The third-order valence-electron chi connectivity index (χ3n) is 4.70. The van der Waals surface area contributed by atoms with Crippen LogP contribution in [0.3, 0.4) is 0 Å². The Morgan fingerprint density at radius 3 is 2.48 bits per heavy atom. The van der Waals surface area contributed by atoms with E-state index in [4.69, 9.17) is 5.73 Å². The van der Waals surface area contributed by atoms with Crippen molar-refractivity contribution in [1.82, 2.24) is 9.97 Å². The van der Waals surface area contributed by atoms with Gasteiger partial charge in [-0.25, -0.2) is 14.8 Å². The Labute approximate surface area is 187 Å². The molecule has 3 rings (SSSR count). The molecule has 0 saturated carbocycles. The Morgan fingerprint density at radius 2 is 1.82 bits per heavy atom. The Morgan fingerprint density at radius 1 is 1.06 bits per heavy atom. The van der Waals surface area contributed by atoms with Gasteiger partial charge in [-0.1, -0.05) is 12.1 Å². The first kappa shape index (κ1) is 23.5. The smallest absolute Gasteiger partial charge is 0.384 e. The zero-order chi connectivity index (χ0) is 24.2. The molecule has 4 N–H and O–H groups in total. The fraction of sp³-hybridized carbons (Fsp3) is 0.182. The summed E-state index contributed by atoms with van der Waals surface area (Å²) in [5.41, 5.74) is 6.01. The lowest BCUT2D eigenvalue weighted by molar-refractivity contribution is -0.137. The van der Waals surface area contributed by atoms with Crippen molar-refractivity contribution < 1.29 is 22.8 Å². The summed E-state index contributed by atoms with van der Waals surface area (Å²) >= 11 is 0. The van der Waals surface area contributed by atoms with Crippen LogP contribution in [-0.2, 0) is 6.18 Å². The van der Waals surface area contributed by atoms with Gasteiger partial charge in [-0.15, -0.1) is 0 Å². The Balaban J connectivity index is 1.78. The number of anilines is 4. The molecule has 1 aromatic heterocycles. The average molecular weight is 458 g/mol. The first-order chi connectivity index (χ1) is 15.6. The highest BCUT2D eigenvalue weighted by molar-refractivity contribution is 6.05. The van der Waals surface area contributed by atoms with Gasteiger partial charge in [0.15, 0.2) is 0 Å². The normalized spacial score (nSPS) is 11.1. The molecular formula is C22H21F3N6O2. The molecular weight excluding hydrogens is 437 g/mol. The Kier molecular flexibility index (Phi) is 6.80. The number of aryl methyl sites for hydroxylation is 1. The molecule has 0 aliphatic rings. The lowest BCUT2D eigenvalue weighted by atomic mass is 10.1. The maximum absolute atomic E-state index is 12.9. The van der Waals surface area contributed by atoms with Crippen molar-refractivity contribution in [2.75, 3.05) is 27.8 Å². The predicted molar refractivity (Wildman–Crippen MR) is 119 cm³/mol. The summed E-state index contributed by atoms with van der Waals surface area (Å²) in [6.07, 6.45) is -3.31. The van der Waals surface area contributed by atoms with Gasteiger partial charge in [0.05, 0.1) is 5.56 Å². The lowest BCUT2D eigenvalue weighted by Gasteiger charge is -2.21. The maximum Gasteiger partial charge on any atom is 0.416 e. The highest BCUT2D eigenvalue weighted by atomic mass is 19.4. The van der Waals surface area contributed by atoms with Gasteiger partial charge in [-0.3, -0.25) is 9.69 Å². The number of nitrogens with zero attached hydrogens (tertiary/aromatic N) is 3. The number of urea groups is 1. The van der Waals surface area contributed by atoms with Gasteiger partial charge in [0.1, 0.15) is 18.0 Å². The van der Waals surface area contributed by atoms with Crippen molar-refractivity contribution in [3.05, 3.63) is 71.5 Å². The van der Waals surface area contributed by atoms with Gasteiger partial charge in [0.2, 0.25) is 0 Å². The second-order valence-electron chi connectivity index (χ2n) is 7.04. The molecule has 0 atom stereocenters. The van der Waals surface area contributed by atoms with E-state index in [1.807, 2.05) is 0 Å². The number of benzene rings is 2. The SMILES string of the molecule is CCN(C(=O)Nc1cc(NC(=O)c2cccc(C(F)(F)F)c2)ccc1C)c1cc(N)ncn1. The summed E-state index contributed by atoms with van der Waals surface area (Å²) in [7, 11) is 0. The predicted octanol–water partition coefficient (Wildman–Crippen LogP) is 4.70. The first-order valence-corrected chi connectivity index (χ1v) is 9.83. The summed E-state index contributed by atoms with van der Waals surface area (Å²) in [6, 6.07) is 9.85. The van der Waals surface area contributed by atoms with Crippen molar-refractivity contribution in [3.8, 4) is 0 Å². The zero-order valence-electron chi connectivity index (χ0n) is 17.8. The van der Waals surface area contributed by atoms with Crippen molar-refractivity contribution in [2.24, 2.45) is 0 Å². The molecule has 0 aliphatic carbocycles. The average Bonchev–Trinajstić information content (AvgIpc) is 2.76. The van der Waals surface area contributed by atoms with E-state index in [1.54, 1.807) is 26.0 Å².